The van der Waals surface area contributed by atoms with Crippen molar-refractivity contribution < 1.29 is 24.2 Å². The van der Waals surface area contributed by atoms with Gasteiger partial charge in [0.15, 0.2) is 0 Å². The second kappa shape index (κ2) is 6.51. The van der Waals surface area contributed by atoms with Crippen molar-refractivity contribution in [1.29, 1.82) is 0 Å². The molecule has 108 valence electrons. The fraction of sp³-hybridized carbons (Fsp3) is 0.750. The highest BCUT2D eigenvalue weighted by Crippen LogP contribution is 2.17. The Morgan fingerprint density at radius 2 is 2.05 bits per heavy atom. The number of carboxylic acid groups (broad SMARTS) is 1. The van der Waals surface area contributed by atoms with Crippen LogP contribution in [0.5, 0.6) is 0 Å². The monoisotopic (exact) mass is 272 g/mol. The van der Waals surface area contributed by atoms with Crippen LogP contribution >= 0.6 is 0 Å². The van der Waals surface area contributed by atoms with E-state index in [4.69, 9.17) is 5.11 Å². The lowest BCUT2D eigenvalue weighted by Crippen LogP contribution is -2.45. The molecule has 1 heterocycles. The van der Waals surface area contributed by atoms with Gasteiger partial charge in [0, 0.05) is 6.54 Å². The minimum Gasteiger partial charge on any atom is -0.480 e. The second-order valence-electron chi connectivity index (χ2n) is 5.05. The first-order valence-corrected chi connectivity index (χ1v) is 6.19. The summed E-state index contributed by atoms with van der Waals surface area (Å²) in [5, 5.41) is 11.2. The van der Waals surface area contributed by atoms with E-state index in [0.29, 0.717) is 13.0 Å². The highest BCUT2D eigenvalue weighted by Gasteiger charge is 2.42. The Bertz CT molecular complexity index is 369. The van der Waals surface area contributed by atoms with E-state index in [2.05, 4.69) is 10.1 Å². The van der Waals surface area contributed by atoms with Crippen molar-refractivity contribution in [2.24, 2.45) is 5.92 Å². The Labute approximate surface area is 111 Å². The smallest absolute Gasteiger partial charge is 0.328 e. The van der Waals surface area contributed by atoms with Gasteiger partial charge < -0.3 is 15.2 Å². The minimum absolute atomic E-state index is 0.162. The van der Waals surface area contributed by atoms with Crippen LogP contribution in [0.4, 0.5) is 0 Å². The van der Waals surface area contributed by atoms with Crippen molar-refractivity contribution >= 4 is 17.8 Å². The molecule has 0 bridgehead atoms. The minimum atomic E-state index is -0.970. The average molecular weight is 272 g/mol. The van der Waals surface area contributed by atoms with Gasteiger partial charge in [-0.25, -0.2) is 4.79 Å². The first-order valence-electron chi connectivity index (χ1n) is 6.19. The molecule has 1 rings (SSSR count). The van der Waals surface area contributed by atoms with Crippen LogP contribution in [0.15, 0.2) is 0 Å². The van der Waals surface area contributed by atoms with Crippen LogP contribution in [0.2, 0.25) is 0 Å². The fourth-order valence-electron chi connectivity index (χ4n) is 1.87. The van der Waals surface area contributed by atoms with E-state index in [9.17, 15) is 14.4 Å². The number of nitrogens with zero attached hydrogens (tertiary/aromatic N) is 1. The van der Waals surface area contributed by atoms with E-state index in [1.807, 2.05) is 13.8 Å². The lowest BCUT2D eigenvalue weighted by molar-refractivity contribution is -0.145. The quantitative estimate of drug-likeness (QED) is 0.477. The van der Waals surface area contributed by atoms with E-state index < -0.39 is 24.0 Å². The van der Waals surface area contributed by atoms with Gasteiger partial charge >= 0.3 is 11.9 Å². The second-order valence-corrected chi connectivity index (χ2v) is 5.05. The number of rotatable bonds is 7. The van der Waals surface area contributed by atoms with Gasteiger partial charge in [0.25, 0.3) is 0 Å². The Kier molecular flexibility index (Phi) is 5.29. The topological polar surface area (TPSA) is 95.7 Å². The molecule has 0 radical (unpaired) electrons. The summed E-state index contributed by atoms with van der Waals surface area (Å²) in [5.74, 6) is -1.54. The molecule has 0 aromatic rings. The third-order valence-electron chi connectivity index (χ3n) is 2.86. The number of carboxylic acids is 1. The zero-order chi connectivity index (χ0) is 14.6. The normalized spacial score (nSPS) is 22.7. The molecule has 0 saturated carbocycles. The van der Waals surface area contributed by atoms with Crippen LogP contribution in [-0.2, 0) is 19.1 Å². The molecule has 7 heteroatoms. The zero-order valence-corrected chi connectivity index (χ0v) is 11.4. The van der Waals surface area contributed by atoms with Gasteiger partial charge in [-0.15, -0.1) is 0 Å². The molecule has 0 spiro atoms. The van der Waals surface area contributed by atoms with Crippen molar-refractivity contribution in [1.82, 2.24) is 10.2 Å². The summed E-state index contributed by atoms with van der Waals surface area (Å²) in [6, 6.07) is -1.12. The van der Waals surface area contributed by atoms with Crippen LogP contribution in [-0.4, -0.2) is 60.1 Å². The lowest BCUT2D eigenvalue weighted by atomic mass is 10.0. The molecule has 1 fully saturated rings. The maximum atomic E-state index is 11.9. The molecule has 0 aliphatic carbocycles. The Morgan fingerprint density at radius 3 is 2.53 bits per heavy atom. The number of hydrogen-bond donors (Lipinski definition) is 2. The van der Waals surface area contributed by atoms with E-state index in [1.165, 1.54) is 12.0 Å². The van der Waals surface area contributed by atoms with Crippen LogP contribution < -0.4 is 5.32 Å². The number of aliphatic carboxylic acids is 1. The fourth-order valence-corrected chi connectivity index (χ4v) is 1.87. The number of ether oxygens (including phenoxy) is 1. The first kappa shape index (κ1) is 15.4. The van der Waals surface area contributed by atoms with Gasteiger partial charge in [-0.1, -0.05) is 13.8 Å². The number of methoxy groups -OCH3 is 1. The number of esters is 1. The van der Waals surface area contributed by atoms with Crippen molar-refractivity contribution in [3.05, 3.63) is 0 Å². The summed E-state index contributed by atoms with van der Waals surface area (Å²) in [6.45, 7) is 4.13. The zero-order valence-electron chi connectivity index (χ0n) is 11.4. The van der Waals surface area contributed by atoms with Crippen molar-refractivity contribution in [3.8, 4) is 0 Å². The van der Waals surface area contributed by atoms with E-state index in [1.54, 1.807) is 0 Å². The molecule has 2 N–H and O–H groups in total. The highest BCUT2D eigenvalue weighted by atomic mass is 16.5. The van der Waals surface area contributed by atoms with Crippen molar-refractivity contribution in [2.45, 2.75) is 32.4 Å². The summed E-state index contributed by atoms with van der Waals surface area (Å²) in [4.78, 5) is 35.4. The van der Waals surface area contributed by atoms with Crippen LogP contribution in [0.3, 0.4) is 0 Å². The molecule has 1 saturated heterocycles. The molecule has 7 nitrogen and oxygen atoms in total. The maximum absolute atomic E-state index is 11.9. The third kappa shape index (κ3) is 4.86. The van der Waals surface area contributed by atoms with E-state index in [0.717, 1.165) is 0 Å². The summed E-state index contributed by atoms with van der Waals surface area (Å²) < 4.78 is 4.64. The van der Waals surface area contributed by atoms with E-state index >= 15 is 0 Å². The Morgan fingerprint density at radius 1 is 1.42 bits per heavy atom. The number of carbonyl (C=O) groups excluding carboxylic acids is 2. The first-order chi connectivity index (χ1) is 8.85. The highest BCUT2D eigenvalue weighted by molar-refractivity contribution is 5.90. The van der Waals surface area contributed by atoms with Crippen molar-refractivity contribution in [2.75, 3.05) is 20.2 Å². The third-order valence-corrected chi connectivity index (χ3v) is 2.86. The summed E-state index contributed by atoms with van der Waals surface area (Å²) in [7, 11) is 1.27. The molecule has 1 amide bonds. The predicted molar refractivity (Wildman–Crippen MR) is 66.4 cm³/mol. The van der Waals surface area contributed by atoms with Crippen LogP contribution in [0.25, 0.3) is 0 Å². The summed E-state index contributed by atoms with van der Waals surface area (Å²) in [6.07, 6.45) is 0.490. The molecular formula is C12H20N2O5. The number of amides is 1. The molecule has 3 atom stereocenters. The standard InChI is InChI=1S/C12H20N2O5/c1-7(2)4-8(12(18)19-3)13-11(17)9-5-14(9)6-10(15)16/h7-9H,4-6H2,1-3H3,(H,13,17)(H,15,16)/t8-,9?,14?/m0/s1. The summed E-state index contributed by atoms with van der Waals surface area (Å²) >= 11 is 0. The predicted octanol–water partition coefficient (Wildman–Crippen LogP) is -0.541. The number of hydrogen-bond acceptors (Lipinski definition) is 5. The molecule has 0 aromatic carbocycles. The molecule has 0 aromatic heterocycles. The Hall–Kier alpha value is -1.63. The van der Waals surface area contributed by atoms with Gasteiger partial charge in [-0.2, -0.15) is 0 Å². The van der Waals surface area contributed by atoms with Gasteiger partial charge in [-0.3, -0.25) is 14.5 Å². The number of carbonyl (C=O) groups is 3. The van der Waals surface area contributed by atoms with Crippen LogP contribution in [0, 0.1) is 5.92 Å². The Balaban J connectivity index is 2.48. The molecule has 19 heavy (non-hydrogen) atoms. The average Bonchev–Trinajstić information content (AvgIpc) is 3.04. The van der Waals surface area contributed by atoms with Gasteiger partial charge in [0.1, 0.15) is 12.1 Å². The SMILES string of the molecule is COC(=O)[C@H](CC(C)C)NC(=O)C1CN1CC(=O)O. The largest absolute Gasteiger partial charge is 0.480 e. The van der Waals surface area contributed by atoms with Crippen molar-refractivity contribution in [3.63, 3.8) is 0 Å². The molecule has 1 aliphatic rings. The van der Waals surface area contributed by atoms with Gasteiger partial charge in [-0.05, 0) is 12.3 Å². The van der Waals surface area contributed by atoms with Gasteiger partial charge in [0.05, 0.1) is 13.7 Å². The molecular weight excluding hydrogens is 252 g/mol. The number of nitrogens with one attached hydrogen (secondary N) is 1. The van der Waals surface area contributed by atoms with Crippen LogP contribution in [0.1, 0.15) is 20.3 Å². The van der Waals surface area contributed by atoms with E-state index in [-0.39, 0.29) is 18.4 Å². The summed E-state index contributed by atoms with van der Waals surface area (Å²) in [5.41, 5.74) is 0. The lowest BCUT2D eigenvalue weighted by Gasteiger charge is -2.18. The molecule has 2 unspecified atom stereocenters. The maximum Gasteiger partial charge on any atom is 0.328 e. The van der Waals surface area contributed by atoms with Gasteiger partial charge in [0.2, 0.25) is 5.91 Å². The molecule has 1 aliphatic heterocycles.